The number of anilines is 1. The standard InChI is InChI=1S/C13H10ClFN2O5S/c1-22-12-7-9(17(18)19)3-5-13(12)23(20,21)16-11-4-2-8(15)6-10(11)14/h2-7,16H,1H3. The third-order valence-corrected chi connectivity index (χ3v) is 4.54. The van der Waals surface area contributed by atoms with Crippen LogP contribution >= 0.6 is 11.6 Å². The quantitative estimate of drug-likeness (QED) is 0.652. The SMILES string of the molecule is COc1cc([N+](=O)[O-])ccc1S(=O)(=O)Nc1ccc(F)cc1Cl. The van der Waals surface area contributed by atoms with E-state index in [0.717, 1.165) is 36.4 Å². The van der Waals surface area contributed by atoms with Gasteiger partial charge in [0.2, 0.25) is 0 Å². The maximum atomic E-state index is 13.0. The fraction of sp³-hybridized carbons (Fsp3) is 0.0769. The summed E-state index contributed by atoms with van der Waals surface area (Å²) in [4.78, 5) is 9.74. The second kappa shape index (κ2) is 6.39. The van der Waals surface area contributed by atoms with Gasteiger partial charge in [0, 0.05) is 6.07 Å². The number of halogens is 2. The smallest absolute Gasteiger partial charge is 0.273 e. The van der Waals surface area contributed by atoms with E-state index in [1.54, 1.807) is 0 Å². The van der Waals surface area contributed by atoms with Crippen LogP contribution in [0.4, 0.5) is 15.8 Å². The van der Waals surface area contributed by atoms with E-state index in [-0.39, 0.29) is 27.0 Å². The molecule has 0 fully saturated rings. The van der Waals surface area contributed by atoms with Gasteiger partial charge in [-0.05, 0) is 24.3 Å². The number of nitrogens with one attached hydrogen (secondary N) is 1. The van der Waals surface area contributed by atoms with Crippen molar-refractivity contribution in [2.75, 3.05) is 11.8 Å². The number of rotatable bonds is 5. The van der Waals surface area contributed by atoms with Crippen molar-refractivity contribution in [2.45, 2.75) is 4.90 Å². The molecule has 7 nitrogen and oxygen atoms in total. The minimum absolute atomic E-state index is 0.0338. The van der Waals surface area contributed by atoms with Crippen molar-refractivity contribution < 1.29 is 22.5 Å². The summed E-state index contributed by atoms with van der Waals surface area (Å²) in [7, 11) is -2.95. The molecule has 0 radical (unpaired) electrons. The van der Waals surface area contributed by atoms with E-state index in [0.29, 0.717) is 0 Å². The van der Waals surface area contributed by atoms with Crippen LogP contribution in [0.15, 0.2) is 41.3 Å². The highest BCUT2D eigenvalue weighted by Gasteiger charge is 2.23. The second-order valence-corrected chi connectivity index (χ2v) is 6.38. The molecule has 0 aromatic heterocycles. The maximum absolute atomic E-state index is 13.0. The highest BCUT2D eigenvalue weighted by Crippen LogP contribution is 2.31. The van der Waals surface area contributed by atoms with E-state index >= 15 is 0 Å². The van der Waals surface area contributed by atoms with Gasteiger partial charge in [0.25, 0.3) is 15.7 Å². The average molecular weight is 361 g/mol. The van der Waals surface area contributed by atoms with Gasteiger partial charge in [-0.25, -0.2) is 12.8 Å². The molecule has 1 N–H and O–H groups in total. The van der Waals surface area contributed by atoms with Gasteiger partial charge in [-0.2, -0.15) is 0 Å². The summed E-state index contributed by atoms with van der Waals surface area (Å²) in [6.07, 6.45) is 0. The molecule has 2 rings (SSSR count). The molecule has 0 atom stereocenters. The molecule has 23 heavy (non-hydrogen) atoms. The van der Waals surface area contributed by atoms with Gasteiger partial charge < -0.3 is 4.74 Å². The van der Waals surface area contributed by atoms with Crippen molar-refractivity contribution in [1.82, 2.24) is 0 Å². The number of hydrogen-bond acceptors (Lipinski definition) is 5. The van der Waals surface area contributed by atoms with E-state index < -0.39 is 20.8 Å². The van der Waals surface area contributed by atoms with Crippen molar-refractivity contribution in [3.63, 3.8) is 0 Å². The summed E-state index contributed by atoms with van der Waals surface area (Å²) in [5.41, 5.74) is -0.353. The van der Waals surface area contributed by atoms with Gasteiger partial charge in [0.15, 0.2) is 0 Å². The largest absolute Gasteiger partial charge is 0.495 e. The molecule has 0 aliphatic carbocycles. The molecule has 0 bridgehead atoms. The molecular formula is C13H10ClFN2O5S. The van der Waals surface area contributed by atoms with Crippen molar-refractivity contribution in [3.8, 4) is 5.75 Å². The Morgan fingerprint density at radius 3 is 2.52 bits per heavy atom. The van der Waals surface area contributed by atoms with Crippen LogP contribution < -0.4 is 9.46 Å². The Bertz CT molecular complexity index is 873. The summed E-state index contributed by atoms with van der Waals surface area (Å²) >= 11 is 5.78. The molecule has 0 amide bonds. The first-order chi connectivity index (χ1) is 10.7. The first-order valence-electron chi connectivity index (χ1n) is 6.05. The fourth-order valence-electron chi connectivity index (χ4n) is 1.76. The van der Waals surface area contributed by atoms with Gasteiger partial charge in [-0.15, -0.1) is 0 Å². The Hall–Kier alpha value is -2.39. The molecule has 122 valence electrons. The summed E-state index contributed by atoms with van der Waals surface area (Å²) in [6, 6.07) is 6.21. The molecular weight excluding hydrogens is 351 g/mol. The normalized spacial score (nSPS) is 11.1. The number of ether oxygens (including phenoxy) is 1. The lowest BCUT2D eigenvalue weighted by Crippen LogP contribution is -2.14. The Balaban J connectivity index is 2.45. The lowest BCUT2D eigenvalue weighted by Gasteiger charge is -2.12. The summed E-state index contributed by atoms with van der Waals surface area (Å²) in [5, 5.41) is 10.6. The molecule has 0 spiro atoms. The number of sulfonamides is 1. The first kappa shape index (κ1) is 17.0. The van der Waals surface area contributed by atoms with Crippen LogP contribution in [0.2, 0.25) is 5.02 Å². The Morgan fingerprint density at radius 1 is 1.26 bits per heavy atom. The van der Waals surface area contributed by atoms with Crippen molar-refractivity contribution >= 4 is 33.0 Å². The molecule has 0 saturated heterocycles. The third-order valence-electron chi connectivity index (χ3n) is 2.82. The van der Waals surface area contributed by atoms with Crippen molar-refractivity contribution in [1.29, 1.82) is 0 Å². The Labute approximate surface area is 135 Å². The van der Waals surface area contributed by atoms with Crippen LogP contribution in [0.1, 0.15) is 0 Å². The molecule has 2 aromatic rings. The van der Waals surface area contributed by atoms with Crippen LogP contribution in [0.5, 0.6) is 5.75 Å². The van der Waals surface area contributed by atoms with Gasteiger partial charge >= 0.3 is 0 Å². The summed E-state index contributed by atoms with van der Waals surface area (Å²) in [6.45, 7) is 0. The third kappa shape index (κ3) is 3.69. The number of nitro benzene ring substituents is 1. The van der Waals surface area contributed by atoms with E-state index in [2.05, 4.69) is 4.72 Å². The van der Waals surface area contributed by atoms with E-state index in [9.17, 15) is 22.9 Å². The molecule has 2 aromatic carbocycles. The van der Waals surface area contributed by atoms with Gasteiger partial charge in [-0.3, -0.25) is 14.8 Å². The number of nitrogens with zero attached hydrogens (tertiary/aromatic N) is 1. The lowest BCUT2D eigenvalue weighted by molar-refractivity contribution is -0.385. The molecule has 0 aliphatic rings. The molecule has 0 unspecified atom stereocenters. The highest BCUT2D eigenvalue weighted by molar-refractivity contribution is 7.92. The number of methoxy groups -OCH3 is 1. The summed E-state index contributed by atoms with van der Waals surface area (Å²) < 4.78 is 44.8. The number of non-ortho nitro benzene ring substituents is 1. The van der Waals surface area contributed by atoms with Crippen molar-refractivity contribution in [2.24, 2.45) is 0 Å². The van der Waals surface area contributed by atoms with Crippen LogP contribution in [0.25, 0.3) is 0 Å². The molecule has 0 heterocycles. The molecule has 10 heteroatoms. The molecule has 0 saturated carbocycles. The zero-order valence-electron chi connectivity index (χ0n) is 11.6. The van der Waals surface area contributed by atoms with Gasteiger partial charge in [0.05, 0.1) is 28.8 Å². The number of nitro groups is 1. The average Bonchev–Trinajstić information content (AvgIpc) is 2.49. The summed E-state index contributed by atoms with van der Waals surface area (Å²) in [5.74, 6) is -0.823. The van der Waals surface area contributed by atoms with Crippen LogP contribution in [0.3, 0.4) is 0 Å². The van der Waals surface area contributed by atoms with Gasteiger partial charge in [0.1, 0.15) is 16.5 Å². The minimum atomic E-state index is -4.14. The maximum Gasteiger partial charge on any atom is 0.273 e. The number of hydrogen-bond donors (Lipinski definition) is 1. The first-order valence-corrected chi connectivity index (χ1v) is 7.91. The fourth-order valence-corrected chi connectivity index (χ4v) is 3.27. The van der Waals surface area contributed by atoms with Crippen LogP contribution in [-0.4, -0.2) is 20.5 Å². The number of benzene rings is 2. The Kier molecular flexibility index (Phi) is 4.71. The monoisotopic (exact) mass is 360 g/mol. The van der Waals surface area contributed by atoms with Crippen molar-refractivity contribution in [3.05, 3.63) is 57.4 Å². The van der Waals surface area contributed by atoms with E-state index in [1.165, 1.54) is 7.11 Å². The van der Waals surface area contributed by atoms with Gasteiger partial charge in [-0.1, -0.05) is 11.6 Å². The Morgan fingerprint density at radius 2 is 1.96 bits per heavy atom. The second-order valence-electron chi connectivity index (χ2n) is 4.32. The zero-order valence-corrected chi connectivity index (χ0v) is 13.2. The van der Waals surface area contributed by atoms with Crippen LogP contribution in [-0.2, 0) is 10.0 Å². The van der Waals surface area contributed by atoms with Crippen LogP contribution in [0, 0.1) is 15.9 Å². The lowest BCUT2D eigenvalue weighted by atomic mass is 10.3. The minimum Gasteiger partial charge on any atom is -0.495 e. The predicted octanol–water partition coefficient (Wildman–Crippen LogP) is 3.20. The zero-order chi connectivity index (χ0) is 17.2. The van der Waals surface area contributed by atoms with E-state index in [4.69, 9.17) is 16.3 Å². The molecule has 0 aliphatic heterocycles. The predicted molar refractivity (Wildman–Crippen MR) is 81.9 cm³/mol. The highest BCUT2D eigenvalue weighted by atomic mass is 35.5. The van der Waals surface area contributed by atoms with E-state index in [1.807, 2.05) is 0 Å². The topological polar surface area (TPSA) is 98.5 Å².